The predicted molar refractivity (Wildman–Crippen MR) is 62.5 cm³/mol. The molecular weight excluding hydrogens is 188 g/mol. The number of rotatable bonds is 6. The van der Waals surface area contributed by atoms with Crippen molar-refractivity contribution in [2.24, 2.45) is 0 Å². The molecule has 1 aromatic heterocycles. The molecule has 1 heterocycles. The van der Waals surface area contributed by atoms with Gasteiger partial charge in [-0.2, -0.15) is 0 Å². The van der Waals surface area contributed by atoms with E-state index in [-0.39, 0.29) is 6.10 Å². The lowest BCUT2D eigenvalue weighted by atomic mass is 10.0. The first-order chi connectivity index (χ1) is 7.24. The van der Waals surface area contributed by atoms with Crippen molar-refractivity contribution in [1.29, 1.82) is 0 Å². The first-order valence-electron chi connectivity index (χ1n) is 5.60. The highest BCUT2D eigenvalue weighted by Gasteiger charge is 2.07. The minimum Gasteiger partial charge on any atom is -0.398 e. The summed E-state index contributed by atoms with van der Waals surface area (Å²) >= 11 is 0. The Hall–Kier alpha value is -1.09. The standard InChI is InChI=1S/C12H20N2O/c1-2-3-4-5-11(15)8-10-9-14-7-6-12(10)13/h6-7,9,11,15H,2-5,8H2,1H3,(H2,13,14). The molecule has 0 radical (unpaired) electrons. The lowest BCUT2D eigenvalue weighted by molar-refractivity contribution is 0.161. The summed E-state index contributed by atoms with van der Waals surface area (Å²) in [5, 5.41) is 9.77. The highest BCUT2D eigenvalue weighted by atomic mass is 16.3. The van der Waals surface area contributed by atoms with E-state index in [1.54, 1.807) is 18.5 Å². The number of nitrogens with zero attached hydrogens (tertiary/aromatic N) is 1. The fourth-order valence-electron chi connectivity index (χ4n) is 1.59. The van der Waals surface area contributed by atoms with Gasteiger partial charge in [0.15, 0.2) is 0 Å². The van der Waals surface area contributed by atoms with Crippen LogP contribution in [0, 0.1) is 0 Å². The molecule has 0 aromatic carbocycles. The first-order valence-corrected chi connectivity index (χ1v) is 5.60. The monoisotopic (exact) mass is 208 g/mol. The highest BCUT2D eigenvalue weighted by Crippen LogP contribution is 2.14. The molecule has 0 bridgehead atoms. The lowest BCUT2D eigenvalue weighted by Crippen LogP contribution is -2.11. The van der Waals surface area contributed by atoms with Crippen LogP contribution in [0.15, 0.2) is 18.5 Å². The van der Waals surface area contributed by atoms with Crippen molar-refractivity contribution >= 4 is 5.69 Å². The zero-order valence-corrected chi connectivity index (χ0v) is 9.32. The second-order valence-corrected chi connectivity index (χ2v) is 3.93. The Balaban J connectivity index is 2.37. The molecule has 0 spiro atoms. The van der Waals surface area contributed by atoms with Gasteiger partial charge in [-0.25, -0.2) is 0 Å². The van der Waals surface area contributed by atoms with Gasteiger partial charge >= 0.3 is 0 Å². The van der Waals surface area contributed by atoms with Crippen LogP contribution in [-0.4, -0.2) is 16.2 Å². The topological polar surface area (TPSA) is 59.1 Å². The normalized spacial score (nSPS) is 12.7. The summed E-state index contributed by atoms with van der Waals surface area (Å²) in [5.41, 5.74) is 7.44. The van der Waals surface area contributed by atoms with Crippen molar-refractivity contribution < 1.29 is 5.11 Å². The van der Waals surface area contributed by atoms with Crippen LogP contribution in [0.3, 0.4) is 0 Å². The molecule has 0 aliphatic carbocycles. The van der Waals surface area contributed by atoms with Crippen LogP contribution < -0.4 is 5.73 Å². The zero-order valence-electron chi connectivity index (χ0n) is 9.32. The summed E-state index contributed by atoms with van der Waals surface area (Å²) in [6, 6.07) is 1.77. The van der Waals surface area contributed by atoms with Crippen molar-refractivity contribution in [2.75, 3.05) is 5.73 Å². The maximum atomic E-state index is 9.77. The predicted octanol–water partition coefficient (Wildman–Crippen LogP) is 2.15. The van der Waals surface area contributed by atoms with Crippen molar-refractivity contribution in [1.82, 2.24) is 4.98 Å². The molecule has 84 valence electrons. The Morgan fingerprint density at radius 1 is 1.47 bits per heavy atom. The van der Waals surface area contributed by atoms with E-state index in [1.807, 2.05) is 0 Å². The fraction of sp³-hybridized carbons (Fsp3) is 0.583. The van der Waals surface area contributed by atoms with Gasteiger partial charge in [0.1, 0.15) is 0 Å². The zero-order chi connectivity index (χ0) is 11.1. The number of anilines is 1. The Labute approximate surface area is 91.3 Å². The van der Waals surface area contributed by atoms with Gasteiger partial charge in [-0.3, -0.25) is 4.98 Å². The number of hydrogen-bond donors (Lipinski definition) is 2. The minimum absolute atomic E-state index is 0.289. The lowest BCUT2D eigenvalue weighted by Gasteiger charge is -2.11. The fourth-order valence-corrected chi connectivity index (χ4v) is 1.59. The Morgan fingerprint density at radius 2 is 2.27 bits per heavy atom. The number of nitrogens with two attached hydrogens (primary N) is 1. The summed E-state index contributed by atoms with van der Waals surface area (Å²) in [6.07, 6.45) is 8.02. The van der Waals surface area contributed by atoms with Crippen molar-refractivity contribution in [2.45, 2.75) is 45.1 Å². The quantitative estimate of drug-likeness (QED) is 0.704. The number of aliphatic hydroxyl groups excluding tert-OH is 1. The van der Waals surface area contributed by atoms with E-state index in [4.69, 9.17) is 5.73 Å². The molecule has 0 saturated carbocycles. The number of nitrogen functional groups attached to an aromatic ring is 1. The van der Waals surface area contributed by atoms with Gasteiger partial charge in [-0.1, -0.05) is 26.2 Å². The molecule has 3 nitrogen and oxygen atoms in total. The van der Waals surface area contributed by atoms with Crippen LogP contribution in [0.25, 0.3) is 0 Å². The molecule has 0 aliphatic heterocycles. The van der Waals surface area contributed by atoms with Gasteiger partial charge in [0.25, 0.3) is 0 Å². The second kappa shape index (κ2) is 6.40. The number of aliphatic hydroxyl groups is 1. The average molecular weight is 208 g/mol. The van der Waals surface area contributed by atoms with Gasteiger partial charge in [0.2, 0.25) is 0 Å². The average Bonchev–Trinajstić information content (AvgIpc) is 2.22. The molecule has 3 heteroatoms. The summed E-state index contributed by atoms with van der Waals surface area (Å²) in [7, 11) is 0. The van der Waals surface area contributed by atoms with Gasteiger partial charge in [-0.05, 0) is 18.1 Å². The van der Waals surface area contributed by atoms with Crippen LogP contribution in [0.4, 0.5) is 5.69 Å². The minimum atomic E-state index is -0.289. The highest BCUT2D eigenvalue weighted by molar-refractivity contribution is 5.44. The van der Waals surface area contributed by atoms with Crippen molar-refractivity contribution in [3.8, 4) is 0 Å². The Morgan fingerprint density at radius 3 is 2.93 bits per heavy atom. The van der Waals surface area contributed by atoms with Crippen LogP contribution in [0.5, 0.6) is 0 Å². The van der Waals surface area contributed by atoms with E-state index in [0.29, 0.717) is 6.42 Å². The maximum absolute atomic E-state index is 9.77. The molecule has 1 atom stereocenters. The summed E-state index contributed by atoms with van der Waals surface area (Å²) in [6.45, 7) is 2.16. The molecule has 1 unspecified atom stereocenters. The van der Waals surface area contributed by atoms with E-state index >= 15 is 0 Å². The molecule has 1 rings (SSSR count). The number of aromatic nitrogens is 1. The number of unbranched alkanes of at least 4 members (excludes halogenated alkanes) is 2. The SMILES string of the molecule is CCCCCC(O)Cc1cnccc1N. The smallest absolute Gasteiger partial charge is 0.0581 e. The van der Waals surface area contributed by atoms with E-state index < -0.39 is 0 Å². The van der Waals surface area contributed by atoms with Crippen LogP contribution in [-0.2, 0) is 6.42 Å². The first kappa shape index (κ1) is 12.0. The van der Waals surface area contributed by atoms with E-state index in [9.17, 15) is 5.11 Å². The van der Waals surface area contributed by atoms with Gasteiger partial charge < -0.3 is 10.8 Å². The Bertz CT molecular complexity index is 289. The third kappa shape index (κ3) is 4.30. The molecule has 0 amide bonds. The largest absolute Gasteiger partial charge is 0.398 e. The van der Waals surface area contributed by atoms with Gasteiger partial charge in [-0.15, -0.1) is 0 Å². The summed E-state index contributed by atoms with van der Waals surface area (Å²) < 4.78 is 0. The van der Waals surface area contributed by atoms with Crippen LogP contribution in [0.2, 0.25) is 0 Å². The third-order valence-electron chi connectivity index (χ3n) is 2.54. The maximum Gasteiger partial charge on any atom is 0.0581 e. The van der Waals surface area contributed by atoms with Crippen molar-refractivity contribution in [3.05, 3.63) is 24.0 Å². The molecular formula is C12H20N2O. The summed E-state index contributed by atoms with van der Waals surface area (Å²) in [5.74, 6) is 0. The molecule has 1 aromatic rings. The summed E-state index contributed by atoms with van der Waals surface area (Å²) in [4.78, 5) is 4.00. The molecule has 0 aliphatic rings. The van der Waals surface area contributed by atoms with Crippen LogP contribution in [0.1, 0.15) is 38.2 Å². The van der Waals surface area contributed by atoms with E-state index in [0.717, 1.165) is 24.1 Å². The van der Waals surface area contributed by atoms with E-state index in [2.05, 4.69) is 11.9 Å². The van der Waals surface area contributed by atoms with E-state index in [1.165, 1.54) is 12.8 Å². The molecule has 0 saturated heterocycles. The van der Waals surface area contributed by atoms with Gasteiger partial charge in [0, 0.05) is 24.5 Å². The van der Waals surface area contributed by atoms with Crippen LogP contribution >= 0.6 is 0 Å². The van der Waals surface area contributed by atoms with Gasteiger partial charge in [0.05, 0.1) is 6.10 Å². The number of hydrogen-bond acceptors (Lipinski definition) is 3. The molecule has 0 fully saturated rings. The van der Waals surface area contributed by atoms with Crippen molar-refractivity contribution in [3.63, 3.8) is 0 Å². The Kier molecular flexibility index (Phi) is 5.12. The molecule has 15 heavy (non-hydrogen) atoms. The number of pyridine rings is 1. The second-order valence-electron chi connectivity index (χ2n) is 3.93. The molecule has 3 N–H and O–H groups in total. The third-order valence-corrected chi connectivity index (χ3v) is 2.54.